The van der Waals surface area contributed by atoms with Gasteiger partial charge in [-0.3, -0.25) is 4.98 Å². The van der Waals surface area contributed by atoms with E-state index in [1.165, 1.54) is 5.56 Å². The fraction of sp³-hybridized carbons (Fsp3) is 0.385. The van der Waals surface area contributed by atoms with Crippen LogP contribution in [0.2, 0.25) is 0 Å². The molecule has 1 N–H and O–H groups in total. The Morgan fingerprint density at radius 1 is 1.44 bits per heavy atom. The van der Waals surface area contributed by atoms with E-state index >= 15 is 0 Å². The highest BCUT2D eigenvalue weighted by Gasteiger charge is 2.11. The fourth-order valence-electron chi connectivity index (χ4n) is 2.01. The minimum atomic E-state index is 0.298. The molecule has 2 aromatic heterocycles. The molecule has 0 saturated heterocycles. The van der Waals surface area contributed by atoms with Gasteiger partial charge in [0.15, 0.2) is 0 Å². The molecule has 0 amide bonds. The Hall–Kier alpha value is -1.20. The summed E-state index contributed by atoms with van der Waals surface area (Å²) in [5.74, 6) is 1.11. The monoisotopic (exact) mass is 308 g/mol. The Kier molecular flexibility index (Phi) is 4.49. The lowest BCUT2D eigenvalue weighted by Crippen LogP contribution is -2.18. The second-order valence-corrected chi connectivity index (χ2v) is 5.19. The number of nitrogens with zero attached hydrogens (tertiary/aromatic N) is 3. The maximum absolute atomic E-state index is 4.34. The van der Waals surface area contributed by atoms with Gasteiger partial charge in [0.25, 0.3) is 0 Å². The Morgan fingerprint density at radius 3 is 2.89 bits per heavy atom. The summed E-state index contributed by atoms with van der Waals surface area (Å²) in [6.07, 6.45) is 9.47. The molecule has 0 saturated carbocycles. The van der Waals surface area contributed by atoms with Crippen LogP contribution in [-0.2, 0) is 13.5 Å². The molecule has 2 rings (SSSR count). The van der Waals surface area contributed by atoms with Gasteiger partial charge in [-0.2, -0.15) is 0 Å². The van der Waals surface area contributed by atoms with Crippen molar-refractivity contribution in [3.05, 3.63) is 46.7 Å². The second kappa shape index (κ2) is 6.11. The number of aromatic nitrogens is 3. The highest BCUT2D eigenvalue weighted by molar-refractivity contribution is 9.10. The molecule has 2 aromatic rings. The molecule has 0 aliphatic carbocycles. The Morgan fingerprint density at radius 2 is 2.28 bits per heavy atom. The van der Waals surface area contributed by atoms with Gasteiger partial charge in [0, 0.05) is 48.8 Å². The SMILES string of the molecule is CNC(CCc1nccn1C)c1cncc(Br)c1. The molecule has 0 radical (unpaired) electrons. The zero-order chi connectivity index (χ0) is 13.0. The maximum Gasteiger partial charge on any atom is 0.108 e. The van der Waals surface area contributed by atoms with Crippen LogP contribution in [0.15, 0.2) is 35.3 Å². The van der Waals surface area contributed by atoms with Gasteiger partial charge in [-0.05, 0) is 41.0 Å². The van der Waals surface area contributed by atoms with E-state index in [-0.39, 0.29) is 0 Å². The Labute approximate surface area is 116 Å². The average Bonchev–Trinajstić information content (AvgIpc) is 2.76. The zero-order valence-electron chi connectivity index (χ0n) is 10.6. The van der Waals surface area contributed by atoms with Crippen molar-refractivity contribution in [1.29, 1.82) is 0 Å². The second-order valence-electron chi connectivity index (χ2n) is 4.27. The summed E-state index contributed by atoms with van der Waals surface area (Å²) < 4.78 is 3.07. The molecular weight excluding hydrogens is 292 g/mol. The van der Waals surface area contributed by atoms with Crippen LogP contribution in [0, 0.1) is 0 Å². The molecule has 4 nitrogen and oxygen atoms in total. The van der Waals surface area contributed by atoms with Crippen LogP contribution in [-0.4, -0.2) is 21.6 Å². The first kappa shape index (κ1) is 13.2. The van der Waals surface area contributed by atoms with Gasteiger partial charge < -0.3 is 9.88 Å². The Balaban J connectivity index is 2.04. The number of halogens is 1. The third kappa shape index (κ3) is 3.17. The topological polar surface area (TPSA) is 42.7 Å². The third-order valence-electron chi connectivity index (χ3n) is 3.05. The number of hydrogen-bond acceptors (Lipinski definition) is 3. The summed E-state index contributed by atoms with van der Waals surface area (Å²) in [7, 11) is 4.00. The van der Waals surface area contributed by atoms with Gasteiger partial charge in [-0.15, -0.1) is 0 Å². The van der Waals surface area contributed by atoms with Gasteiger partial charge in [-0.1, -0.05) is 0 Å². The highest BCUT2D eigenvalue weighted by Crippen LogP contribution is 2.20. The first-order valence-electron chi connectivity index (χ1n) is 5.94. The highest BCUT2D eigenvalue weighted by atomic mass is 79.9. The van der Waals surface area contributed by atoms with E-state index in [4.69, 9.17) is 0 Å². The average molecular weight is 309 g/mol. The largest absolute Gasteiger partial charge is 0.338 e. The summed E-state index contributed by atoms with van der Waals surface area (Å²) in [4.78, 5) is 8.55. The van der Waals surface area contributed by atoms with E-state index in [0.717, 1.165) is 23.1 Å². The van der Waals surface area contributed by atoms with Gasteiger partial charge in [0.2, 0.25) is 0 Å². The quantitative estimate of drug-likeness (QED) is 0.922. The van der Waals surface area contributed by atoms with Gasteiger partial charge >= 0.3 is 0 Å². The molecule has 0 spiro atoms. The van der Waals surface area contributed by atoms with E-state index in [0.29, 0.717) is 6.04 Å². The van der Waals surface area contributed by atoms with Crippen molar-refractivity contribution in [3.63, 3.8) is 0 Å². The minimum absolute atomic E-state index is 0.298. The van der Waals surface area contributed by atoms with Crippen molar-refractivity contribution in [2.75, 3.05) is 7.05 Å². The van der Waals surface area contributed by atoms with Crippen LogP contribution in [0.25, 0.3) is 0 Å². The number of aryl methyl sites for hydroxylation is 2. The molecule has 1 unspecified atom stereocenters. The van der Waals surface area contributed by atoms with Crippen molar-refractivity contribution in [1.82, 2.24) is 19.9 Å². The van der Waals surface area contributed by atoms with E-state index in [2.05, 4.69) is 41.8 Å². The molecule has 0 aliphatic rings. The molecule has 0 aliphatic heterocycles. The lowest BCUT2D eigenvalue weighted by Gasteiger charge is -2.16. The maximum atomic E-state index is 4.34. The molecular formula is C13H17BrN4. The third-order valence-corrected chi connectivity index (χ3v) is 3.49. The predicted molar refractivity (Wildman–Crippen MR) is 75.3 cm³/mol. The van der Waals surface area contributed by atoms with Gasteiger partial charge in [0.05, 0.1) is 0 Å². The first-order valence-corrected chi connectivity index (χ1v) is 6.74. The van der Waals surface area contributed by atoms with Crippen LogP contribution in [0.3, 0.4) is 0 Å². The number of imidazole rings is 1. The lowest BCUT2D eigenvalue weighted by molar-refractivity contribution is 0.534. The van der Waals surface area contributed by atoms with Crippen LogP contribution in [0.1, 0.15) is 23.9 Å². The minimum Gasteiger partial charge on any atom is -0.338 e. The fourth-order valence-corrected chi connectivity index (χ4v) is 2.39. The zero-order valence-corrected chi connectivity index (χ0v) is 12.2. The van der Waals surface area contributed by atoms with Gasteiger partial charge in [-0.25, -0.2) is 4.98 Å². The van der Waals surface area contributed by atoms with Crippen LogP contribution in [0.4, 0.5) is 0 Å². The van der Waals surface area contributed by atoms with Crippen LogP contribution in [0.5, 0.6) is 0 Å². The normalized spacial score (nSPS) is 12.6. The van der Waals surface area contributed by atoms with Crippen molar-refractivity contribution in [2.24, 2.45) is 7.05 Å². The van der Waals surface area contributed by atoms with Crippen molar-refractivity contribution >= 4 is 15.9 Å². The summed E-state index contributed by atoms with van der Waals surface area (Å²) in [6, 6.07) is 2.40. The van der Waals surface area contributed by atoms with E-state index in [1.807, 2.05) is 32.7 Å². The summed E-state index contributed by atoms with van der Waals surface area (Å²) in [5.41, 5.74) is 1.20. The lowest BCUT2D eigenvalue weighted by atomic mass is 10.0. The number of rotatable bonds is 5. The molecule has 0 fully saturated rings. The van der Waals surface area contributed by atoms with E-state index in [1.54, 1.807) is 6.20 Å². The molecule has 18 heavy (non-hydrogen) atoms. The van der Waals surface area contributed by atoms with E-state index in [9.17, 15) is 0 Å². The smallest absolute Gasteiger partial charge is 0.108 e. The number of nitrogens with one attached hydrogen (secondary N) is 1. The van der Waals surface area contributed by atoms with Crippen LogP contribution < -0.4 is 5.32 Å². The van der Waals surface area contributed by atoms with Crippen LogP contribution >= 0.6 is 15.9 Å². The number of hydrogen-bond donors (Lipinski definition) is 1. The molecule has 96 valence electrons. The molecule has 0 bridgehead atoms. The standard InChI is InChI=1S/C13H17BrN4/c1-15-12(10-7-11(14)9-16-8-10)3-4-13-17-5-6-18(13)2/h5-9,12,15H,3-4H2,1-2H3. The molecule has 0 aromatic carbocycles. The summed E-state index contributed by atoms with van der Waals surface area (Å²) >= 11 is 3.45. The van der Waals surface area contributed by atoms with Crippen molar-refractivity contribution in [2.45, 2.75) is 18.9 Å². The van der Waals surface area contributed by atoms with Crippen molar-refractivity contribution < 1.29 is 0 Å². The van der Waals surface area contributed by atoms with Gasteiger partial charge in [0.1, 0.15) is 5.82 Å². The van der Waals surface area contributed by atoms with Crippen molar-refractivity contribution in [3.8, 4) is 0 Å². The predicted octanol–water partition coefficient (Wildman–Crippen LogP) is 2.47. The summed E-state index contributed by atoms with van der Waals surface area (Å²) in [6.45, 7) is 0. The summed E-state index contributed by atoms with van der Waals surface area (Å²) in [5, 5.41) is 3.33. The first-order chi connectivity index (χ1) is 8.70. The Bertz CT molecular complexity index is 509. The molecule has 1 atom stereocenters. The molecule has 2 heterocycles. The molecule has 5 heteroatoms. The number of pyridine rings is 1. The van der Waals surface area contributed by atoms with E-state index < -0.39 is 0 Å².